The number of allylic oxidation sites excluding steroid dienone is 3. The van der Waals surface area contributed by atoms with Crippen molar-refractivity contribution in [1.82, 2.24) is 14.7 Å². The third kappa shape index (κ3) is 7.00. The zero-order valence-corrected chi connectivity index (χ0v) is 33.0. The summed E-state index contributed by atoms with van der Waals surface area (Å²) in [5.74, 6) is 1.61. The molecular weight excluding hydrogens is 647 g/mol. The van der Waals surface area contributed by atoms with E-state index >= 15 is 0 Å². The number of amides is 1. The molecule has 0 N–H and O–H groups in total. The Bertz CT molecular complexity index is 1780. The Kier molecular flexibility index (Phi) is 10.6. The number of carbonyl (C=O) groups is 1. The van der Waals surface area contributed by atoms with Crippen molar-refractivity contribution >= 4 is 5.91 Å². The molecule has 3 aromatic rings. The first-order valence-electron chi connectivity index (χ1n) is 21.4. The van der Waals surface area contributed by atoms with Crippen LogP contribution >= 0.6 is 0 Å². The number of hydrogen-bond donors (Lipinski definition) is 0. The maximum absolute atomic E-state index is 14.0. The highest BCUT2D eigenvalue weighted by Crippen LogP contribution is 2.76. The lowest BCUT2D eigenvalue weighted by Gasteiger charge is -2.45. The first-order valence-corrected chi connectivity index (χ1v) is 21.4. The number of rotatable bonds is 8. The predicted molar refractivity (Wildman–Crippen MR) is 219 cm³/mol. The fourth-order valence-corrected chi connectivity index (χ4v) is 10.9. The van der Waals surface area contributed by atoms with Crippen LogP contribution < -0.4 is 0 Å². The van der Waals surface area contributed by atoms with Gasteiger partial charge in [0.1, 0.15) is 0 Å². The molecule has 4 aliphatic carbocycles. The Morgan fingerprint density at radius 1 is 0.830 bits per heavy atom. The van der Waals surface area contributed by atoms with Crippen molar-refractivity contribution in [2.24, 2.45) is 16.7 Å². The van der Waals surface area contributed by atoms with Crippen LogP contribution in [0.25, 0.3) is 0 Å². The molecule has 4 heteroatoms. The molecular formula is C49H63N3O. The fraction of sp³-hybridized carbons (Fsp3) is 0.531. The van der Waals surface area contributed by atoms with Gasteiger partial charge in [0.25, 0.3) is 0 Å². The van der Waals surface area contributed by atoms with Gasteiger partial charge in [-0.3, -0.25) is 14.6 Å². The maximum Gasteiger partial charge on any atom is 0.223 e. The molecule has 2 heterocycles. The smallest absolute Gasteiger partial charge is 0.223 e. The van der Waals surface area contributed by atoms with Crippen LogP contribution in [-0.2, 0) is 17.6 Å². The van der Waals surface area contributed by atoms with Crippen LogP contribution in [0.5, 0.6) is 0 Å². The Labute approximate surface area is 320 Å². The molecule has 280 valence electrons. The van der Waals surface area contributed by atoms with E-state index in [-0.39, 0.29) is 17.5 Å². The Morgan fingerprint density at radius 2 is 1.53 bits per heavy atom. The molecule has 6 aliphatic rings. The van der Waals surface area contributed by atoms with Gasteiger partial charge in [0.15, 0.2) is 0 Å². The van der Waals surface area contributed by atoms with Gasteiger partial charge < -0.3 is 4.90 Å². The molecule has 2 saturated heterocycles. The number of piperidine rings is 1. The minimum Gasteiger partial charge on any atom is -0.337 e. The predicted octanol–water partition coefficient (Wildman–Crippen LogP) is 10.5. The minimum atomic E-state index is 0.203. The minimum absolute atomic E-state index is 0.203. The second-order valence-corrected chi connectivity index (χ2v) is 17.1. The van der Waals surface area contributed by atoms with E-state index in [2.05, 4.69) is 126 Å². The molecule has 3 aromatic carbocycles. The highest BCUT2D eigenvalue weighted by molar-refractivity contribution is 5.77. The van der Waals surface area contributed by atoms with Crippen molar-refractivity contribution in [1.29, 1.82) is 0 Å². The second kappa shape index (κ2) is 15.3. The first kappa shape index (κ1) is 36.5. The molecule has 1 amide bonds. The van der Waals surface area contributed by atoms with Crippen molar-refractivity contribution in [3.63, 3.8) is 0 Å². The van der Waals surface area contributed by atoms with E-state index in [1.165, 1.54) is 54.4 Å². The summed E-state index contributed by atoms with van der Waals surface area (Å²) in [5.41, 5.74) is 9.26. The van der Waals surface area contributed by atoms with Crippen molar-refractivity contribution in [2.75, 3.05) is 32.7 Å². The molecule has 0 aromatic heterocycles. The summed E-state index contributed by atoms with van der Waals surface area (Å²) in [5, 5.41) is 0. The molecule has 0 radical (unpaired) electrons. The second-order valence-electron chi connectivity index (χ2n) is 17.1. The Hall–Kier alpha value is -3.47. The third-order valence-electron chi connectivity index (χ3n) is 14.0. The molecule has 0 spiro atoms. The molecule has 2 aliphatic heterocycles. The first-order chi connectivity index (χ1) is 26.0. The van der Waals surface area contributed by atoms with Gasteiger partial charge in [-0.15, -0.1) is 0 Å². The number of fused-ring (bicyclic) bond motifs is 1. The SMILES string of the molecule is CC.CCc1ccc(C(c2ccc(C3CC3)cc2)N2CCN(C(=O)CC3CCN(C4c5ccccc5CCC56C=CCC=CC45C6)CC3)C(C)C2)cc1. The number of nitrogens with zero attached hydrogens (tertiary/aromatic N) is 3. The zero-order valence-electron chi connectivity index (χ0n) is 33.0. The Balaban J connectivity index is 0.00000197. The van der Waals surface area contributed by atoms with Crippen LogP contribution in [0.2, 0.25) is 0 Å². The molecule has 5 atom stereocenters. The Morgan fingerprint density at radius 3 is 2.23 bits per heavy atom. The standard InChI is InChI=1S/C47H57N3O.C2H6/c1-3-35-11-13-40(14-12-35)44(41-19-17-38(18-20-41)37-15-16-37)49-29-30-50(34(2)32-49)43(51)31-36-22-27-48(28-23-36)45-42-10-6-5-9-39(42)21-26-46-24-7-4-8-25-47(45,46)33-46;1-2/h5-14,17-20,24-25,34,36-37,44-45H,3-4,15-16,21-23,26-33H2,1-2H3;1-2H3. The largest absolute Gasteiger partial charge is 0.337 e. The normalized spacial score (nSPS) is 29.1. The van der Waals surface area contributed by atoms with E-state index in [4.69, 9.17) is 0 Å². The molecule has 5 unspecified atom stereocenters. The van der Waals surface area contributed by atoms with Crippen LogP contribution in [0.3, 0.4) is 0 Å². The topological polar surface area (TPSA) is 26.8 Å². The van der Waals surface area contributed by atoms with Crippen molar-refractivity contribution in [2.45, 2.75) is 116 Å². The van der Waals surface area contributed by atoms with E-state index in [9.17, 15) is 4.79 Å². The summed E-state index contributed by atoms with van der Waals surface area (Å²) >= 11 is 0. The molecule has 4 fully saturated rings. The number of carbonyl (C=O) groups excluding carboxylic acids is 1. The zero-order chi connectivity index (χ0) is 36.6. The summed E-state index contributed by atoms with van der Waals surface area (Å²) in [7, 11) is 0. The molecule has 9 rings (SSSR count). The summed E-state index contributed by atoms with van der Waals surface area (Å²) < 4.78 is 0. The van der Waals surface area contributed by atoms with E-state index in [1.54, 1.807) is 11.1 Å². The number of aryl methyl sites for hydroxylation is 2. The maximum atomic E-state index is 14.0. The van der Waals surface area contributed by atoms with Crippen molar-refractivity contribution in [3.8, 4) is 0 Å². The van der Waals surface area contributed by atoms with Crippen LogP contribution in [0.15, 0.2) is 97.1 Å². The van der Waals surface area contributed by atoms with Gasteiger partial charge in [-0.05, 0) is 123 Å². The van der Waals surface area contributed by atoms with Crippen molar-refractivity contribution < 1.29 is 4.79 Å². The average molecular weight is 710 g/mol. The number of piperazine rings is 1. The van der Waals surface area contributed by atoms with E-state index in [0.29, 0.717) is 29.7 Å². The quantitative estimate of drug-likeness (QED) is 0.218. The number of likely N-dealkylation sites (tertiary alicyclic amines) is 1. The van der Waals surface area contributed by atoms with Crippen LogP contribution in [0, 0.1) is 16.7 Å². The van der Waals surface area contributed by atoms with Crippen LogP contribution in [0.4, 0.5) is 0 Å². The highest BCUT2D eigenvalue weighted by Gasteiger charge is 2.69. The summed E-state index contributed by atoms with van der Waals surface area (Å²) in [6.07, 6.45) is 21.5. The van der Waals surface area contributed by atoms with Gasteiger partial charge in [0, 0.05) is 49.0 Å². The van der Waals surface area contributed by atoms with Gasteiger partial charge in [0.2, 0.25) is 5.91 Å². The van der Waals surface area contributed by atoms with Crippen LogP contribution in [0.1, 0.15) is 130 Å². The lowest BCUT2D eigenvalue weighted by Crippen LogP contribution is -2.55. The highest BCUT2D eigenvalue weighted by atomic mass is 16.2. The van der Waals surface area contributed by atoms with Crippen molar-refractivity contribution in [3.05, 3.63) is 130 Å². The molecule has 0 bridgehead atoms. The third-order valence-corrected chi connectivity index (χ3v) is 14.0. The molecule has 4 nitrogen and oxygen atoms in total. The molecule has 2 saturated carbocycles. The number of hydrogen-bond acceptors (Lipinski definition) is 3. The van der Waals surface area contributed by atoms with Gasteiger partial charge in [0.05, 0.1) is 6.04 Å². The van der Waals surface area contributed by atoms with E-state index in [0.717, 1.165) is 64.3 Å². The summed E-state index contributed by atoms with van der Waals surface area (Å²) in [6, 6.07) is 28.9. The lowest BCUT2D eigenvalue weighted by molar-refractivity contribution is -0.137. The van der Waals surface area contributed by atoms with E-state index in [1.807, 2.05) is 13.8 Å². The fourth-order valence-electron chi connectivity index (χ4n) is 10.9. The van der Waals surface area contributed by atoms with E-state index < -0.39 is 0 Å². The van der Waals surface area contributed by atoms with Gasteiger partial charge in [-0.25, -0.2) is 0 Å². The van der Waals surface area contributed by atoms with Gasteiger partial charge >= 0.3 is 0 Å². The van der Waals surface area contributed by atoms with Gasteiger partial charge in [-0.2, -0.15) is 0 Å². The van der Waals surface area contributed by atoms with Crippen LogP contribution in [-0.4, -0.2) is 59.4 Å². The number of benzene rings is 3. The summed E-state index contributed by atoms with van der Waals surface area (Å²) in [4.78, 5) is 21.7. The lowest BCUT2D eigenvalue weighted by atomic mass is 9.80. The van der Waals surface area contributed by atoms with Gasteiger partial charge in [-0.1, -0.05) is 118 Å². The molecule has 53 heavy (non-hydrogen) atoms. The monoisotopic (exact) mass is 709 g/mol. The summed E-state index contributed by atoms with van der Waals surface area (Å²) in [6.45, 7) is 13.3. The average Bonchev–Trinajstić information content (AvgIpc) is 4.12.